The summed E-state index contributed by atoms with van der Waals surface area (Å²) in [6.07, 6.45) is 0. The van der Waals surface area contributed by atoms with E-state index in [1.54, 1.807) is 0 Å². The molecule has 0 bridgehead atoms. The Bertz CT molecular complexity index is 761. The van der Waals surface area contributed by atoms with E-state index in [9.17, 15) is 14.4 Å². The maximum atomic E-state index is 12.0. The highest BCUT2D eigenvalue weighted by molar-refractivity contribution is 6.15. The zero-order valence-electron chi connectivity index (χ0n) is 12.5. The molecule has 23 heavy (non-hydrogen) atoms. The van der Waals surface area contributed by atoms with Crippen molar-refractivity contribution in [3.63, 3.8) is 0 Å². The monoisotopic (exact) mass is 314 g/mol. The normalized spacial score (nSPS) is 11.9. The minimum Gasteiger partial charge on any atom is -0.508 e. The second kappa shape index (κ2) is 6.74. The van der Waals surface area contributed by atoms with Crippen LogP contribution < -0.4 is 4.74 Å². The Morgan fingerprint density at radius 2 is 1.57 bits per heavy atom. The first-order valence-corrected chi connectivity index (χ1v) is 6.96. The van der Waals surface area contributed by atoms with Gasteiger partial charge in [-0.1, -0.05) is 13.8 Å². The largest absolute Gasteiger partial charge is 0.508 e. The summed E-state index contributed by atoms with van der Waals surface area (Å²) in [4.78, 5) is 34.7. The van der Waals surface area contributed by atoms with Gasteiger partial charge in [0, 0.05) is 0 Å². The molecule has 1 N–H and O–H groups in total. The Morgan fingerprint density at radius 1 is 0.957 bits per heavy atom. The van der Waals surface area contributed by atoms with Crippen molar-refractivity contribution in [1.82, 2.24) is 0 Å². The second-order valence-electron chi connectivity index (χ2n) is 4.32. The van der Waals surface area contributed by atoms with Crippen LogP contribution in [-0.4, -0.2) is 23.0 Å². The lowest BCUT2D eigenvalue weighted by molar-refractivity contribution is 0.0443. The van der Waals surface area contributed by atoms with Gasteiger partial charge in [0.1, 0.15) is 11.5 Å². The van der Waals surface area contributed by atoms with Crippen LogP contribution in [0.25, 0.3) is 0 Å². The number of phenolic OH excluding ortho intramolecular Hbond substituents is 1. The van der Waals surface area contributed by atoms with Gasteiger partial charge in [0.05, 0.1) is 16.7 Å². The van der Waals surface area contributed by atoms with E-state index in [1.165, 1.54) is 42.5 Å². The molecule has 1 heterocycles. The van der Waals surface area contributed by atoms with E-state index in [4.69, 9.17) is 9.84 Å². The Balaban J connectivity index is 0.000000924. The van der Waals surface area contributed by atoms with Gasteiger partial charge in [0.15, 0.2) is 0 Å². The van der Waals surface area contributed by atoms with Crippen LogP contribution in [-0.2, 0) is 4.74 Å². The van der Waals surface area contributed by atoms with Crippen molar-refractivity contribution < 1.29 is 29.0 Å². The van der Waals surface area contributed by atoms with Crippen LogP contribution in [0, 0.1) is 0 Å². The number of hydrogen-bond acceptors (Lipinski definition) is 6. The van der Waals surface area contributed by atoms with E-state index in [0.717, 1.165) is 0 Å². The van der Waals surface area contributed by atoms with Gasteiger partial charge >= 0.3 is 17.9 Å². The van der Waals surface area contributed by atoms with Crippen molar-refractivity contribution in [2.75, 3.05) is 0 Å². The molecule has 0 unspecified atom stereocenters. The molecule has 6 heteroatoms. The van der Waals surface area contributed by atoms with E-state index < -0.39 is 17.9 Å². The van der Waals surface area contributed by atoms with Crippen LogP contribution in [0.3, 0.4) is 0 Å². The number of fused-ring (bicyclic) bond motifs is 1. The summed E-state index contributed by atoms with van der Waals surface area (Å²) in [7, 11) is 0. The summed E-state index contributed by atoms with van der Waals surface area (Å²) in [5.74, 6) is -1.90. The van der Waals surface area contributed by atoms with Gasteiger partial charge in [-0.2, -0.15) is 0 Å². The number of benzene rings is 2. The van der Waals surface area contributed by atoms with Gasteiger partial charge in [-0.15, -0.1) is 0 Å². The molecule has 0 amide bonds. The third kappa shape index (κ3) is 3.37. The standard InChI is InChI=1S/C15H8O6.C2H6/c16-9-2-4-10(5-3-9)20-13(17)8-1-6-11-12(7-8)15(19)21-14(11)18;1-2/h1-7,16H;1-2H3. The maximum absolute atomic E-state index is 12.0. The molecule has 3 rings (SSSR count). The number of esters is 3. The van der Waals surface area contributed by atoms with Crippen molar-refractivity contribution in [2.24, 2.45) is 0 Å². The first kappa shape index (κ1) is 16.2. The van der Waals surface area contributed by atoms with Gasteiger partial charge < -0.3 is 14.6 Å². The Labute approximate surface area is 132 Å². The molecule has 0 saturated heterocycles. The van der Waals surface area contributed by atoms with Crippen LogP contribution >= 0.6 is 0 Å². The highest BCUT2D eigenvalue weighted by Gasteiger charge is 2.30. The average molecular weight is 314 g/mol. The summed E-state index contributed by atoms with van der Waals surface area (Å²) in [5.41, 5.74) is 0.287. The van der Waals surface area contributed by atoms with Crippen molar-refractivity contribution in [2.45, 2.75) is 13.8 Å². The molecule has 0 atom stereocenters. The zero-order chi connectivity index (χ0) is 17.0. The molecule has 0 radical (unpaired) electrons. The number of cyclic esters (lactones) is 2. The van der Waals surface area contributed by atoms with Gasteiger partial charge in [0.25, 0.3) is 0 Å². The SMILES string of the molecule is CC.O=C(Oc1ccc(O)cc1)c1ccc2c(c1)C(=O)OC2=O. The summed E-state index contributed by atoms with van der Waals surface area (Å²) < 4.78 is 9.53. The molecule has 0 saturated carbocycles. The van der Waals surface area contributed by atoms with Crippen LogP contribution in [0.4, 0.5) is 0 Å². The summed E-state index contributed by atoms with van der Waals surface area (Å²) in [6, 6.07) is 9.59. The third-order valence-corrected chi connectivity index (χ3v) is 2.93. The molecule has 118 valence electrons. The smallest absolute Gasteiger partial charge is 0.346 e. The molecule has 1 aliphatic heterocycles. The Hall–Kier alpha value is -3.15. The number of rotatable bonds is 2. The molecule has 0 aromatic heterocycles. The fourth-order valence-corrected chi connectivity index (χ4v) is 1.89. The minimum absolute atomic E-state index is 0.0418. The average Bonchev–Trinajstić information content (AvgIpc) is 2.85. The van der Waals surface area contributed by atoms with E-state index in [1.807, 2.05) is 13.8 Å². The van der Waals surface area contributed by atoms with Crippen molar-refractivity contribution in [1.29, 1.82) is 0 Å². The van der Waals surface area contributed by atoms with Crippen LogP contribution in [0.2, 0.25) is 0 Å². The number of carbonyl (C=O) groups is 3. The van der Waals surface area contributed by atoms with Gasteiger partial charge in [-0.3, -0.25) is 0 Å². The van der Waals surface area contributed by atoms with Gasteiger partial charge in [0.2, 0.25) is 0 Å². The topological polar surface area (TPSA) is 89.9 Å². The van der Waals surface area contributed by atoms with E-state index in [-0.39, 0.29) is 28.2 Å². The fourth-order valence-electron chi connectivity index (χ4n) is 1.89. The molecule has 0 fully saturated rings. The lowest BCUT2D eigenvalue weighted by Gasteiger charge is -2.04. The van der Waals surface area contributed by atoms with E-state index in [0.29, 0.717) is 0 Å². The molecule has 0 spiro atoms. The molecule has 0 aliphatic carbocycles. The number of aromatic hydroxyl groups is 1. The fraction of sp³-hybridized carbons (Fsp3) is 0.118. The molecular formula is C17H14O6. The lowest BCUT2D eigenvalue weighted by Crippen LogP contribution is -2.09. The van der Waals surface area contributed by atoms with Crippen molar-refractivity contribution >= 4 is 17.9 Å². The first-order valence-electron chi connectivity index (χ1n) is 6.96. The maximum Gasteiger partial charge on any atom is 0.346 e. The molecule has 2 aromatic rings. The summed E-state index contributed by atoms with van der Waals surface area (Å²) in [5, 5.41) is 9.14. The molecular weight excluding hydrogens is 300 g/mol. The highest BCUT2D eigenvalue weighted by atomic mass is 16.6. The molecule has 1 aliphatic rings. The number of carbonyl (C=O) groups excluding carboxylic acids is 3. The zero-order valence-corrected chi connectivity index (χ0v) is 12.5. The predicted molar refractivity (Wildman–Crippen MR) is 80.6 cm³/mol. The molecule has 6 nitrogen and oxygen atoms in total. The lowest BCUT2D eigenvalue weighted by atomic mass is 10.1. The first-order chi connectivity index (χ1) is 11.0. The summed E-state index contributed by atoms with van der Waals surface area (Å²) >= 11 is 0. The Morgan fingerprint density at radius 3 is 2.22 bits per heavy atom. The minimum atomic E-state index is -0.783. The van der Waals surface area contributed by atoms with Gasteiger partial charge in [-0.05, 0) is 42.5 Å². The number of ether oxygens (including phenoxy) is 2. The summed E-state index contributed by atoms with van der Waals surface area (Å²) in [6.45, 7) is 4.00. The van der Waals surface area contributed by atoms with Crippen molar-refractivity contribution in [3.05, 3.63) is 59.2 Å². The predicted octanol–water partition coefficient (Wildman–Crippen LogP) is 2.95. The van der Waals surface area contributed by atoms with E-state index >= 15 is 0 Å². The molecule has 2 aromatic carbocycles. The van der Waals surface area contributed by atoms with Crippen molar-refractivity contribution in [3.8, 4) is 11.5 Å². The second-order valence-corrected chi connectivity index (χ2v) is 4.32. The van der Waals surface area contributed by atoms with Crippen LogP contribution in [0.5, 0.6) is 11.5 Å². The third-order valence-electron chi connectivity index (χ3n) is 2.93. The van der Waals surface area contributed by atoms with Crippen LogP contribution in [0.15, 0.2) is 42.5 Å². The van der Waals surface area contributed by atoms with Crippen LogP contribution in [0.1, 0.15) is 44.9 Å². The quantitative estimate of drug-likeness (QED) is 0.521. The Kier molecular flexibility index (Phi) is 4.75. The number of hydrogen-bond donors (Lipinski definition) is 1. The highest BCUT2D eigenvalue weighted by Crippen LogP contribution is 2.22. The number of phenols is 1. The van der Waals surface area contributed by atoms with E-state index in [2.05, 4.69) is 4.74 Å². The van der Waals surface area contributed by atoms with Gasteiger partial charge in [-0.25, -0.2) is 14.4 Å².